The standard InChI is InChI=1S/C15H20BrN3/c1-8-6-9(2)11(4)13(10(8)3)14-12(7-17-5)18-15(16)19-14/h6,17H,7H2,1-5H3,(H,18,19). The molecule has 0 aliphatic heterocycles. The lowest BCUT2D eigenvalue weighted by atomic mass is 9.91. The Hall–Kier alpha value is -1.13. The first kappa shape index (κ1) is 14.3. The number of imidazole rings is 1. The summed E-state index contributed by atoms with van der Waals surface area (Å²) in [5, 5.41) is 3.18. The van der Waals surface area contributed by atoms with E-state index in [0.717, 1.165) is 22.7 Å². The van der Waals surface area contributed by atoms with Crippen molar-refractivity contribution >= 4 is 15.9 Å². The number of aryl methyl sites for hydroxylation is 2. The maximum Gasteiger partial charge on any atom is 0.175 e. The third-order valence-corrected chi connectivity index (χ3v) is 4.08. The SMILES string of the molecule is CNCc1[nH]c(Br)nc1-c1c(C)c(C)cc(C)c1C. The number of aromatic nitrogens is 2. The second-order valence-electron chi connectivity index (χ2n) is 5.02. The molecule has 1 aromatic carbocycles. The summed E-state index contributed by atoms with van der Waals surface area (Å²) in [6.07, 6.45) is 0. The minimum absolute atomic E-state index is 0.778. The zero-order chi connectivity index (χ0) is 14.2. The van der Waals surface area contributed by atoms with Crippen molar-refractivity contribution in [3.8, 4) is 11.3 Å². The van der Waals surface area contributed by atoms with E-state index in [2.05, 4.69) is 65.0 Å². The molecule has 1 aromatic heterocycles. The lowest BCUT2D eigenvalue weighted by Gasteiger charge is -2.15. The second-order valence-corrected chi connectivity index (χ2v) is 5.77. The van der Waals surface area contributed by atoms with Gasteiger partial charge < -0.3 is 10.3 Å². The number of rotatable bonds is 3. The predicted molar refractivity (Wildman–Crippen MR) is 83.4 cm³/mol. The van der Waals surface area contributed by atoms with E-state index in [-0.39, 0.29) is 0 Å². The van der Waals surface area contributed by atoms with Crippen LogP contribution in [0, 0.1) is 27.7 Å². The monoisotopic (exact) mass is 321 g/mol. The minimum Gasteiger partial charge on any atom is -0.335 e. The topological polar surface area (TPSA) is 40.7 Å². The van der Waals surface area contributed by atoms with Crippen LogP contribution in [-0.2, 0) is 6.54 Å². The van der Waals surface area contributed by atoms with Gasteiger partial charge in [-0.2, -0.15) is 0 Å². The Morgan fingerprint density at radius 2 is 1.74 bits per heavy atom. The van der Waals surface area contributed by atoms with Crippen LogP contribution in [0.4, 0.5) is 0 Å². The lowest BCUT2D eigenvalue weighted by molar-refractivity contribution is 0.797. The van der Waals surface area contributed by atoms with Crippen LogP contribution in [-0.4, -0.2) is 17.0 Å². The van der Waals surface area contributed by atoms with E-state index < -0.39 is 0 Å². The van der Waals surface area contributed by atoms with E-state index in [9.17, 15) is 0 Å². The highest BCUT2D eigenvalue weighted by molar-refractivity contribution is 9.10. The third-order valence-electron chi connectivity index (χ3n) is 3.71. The molecule has 4 heteroatoms. The molecular weight excluding hydrogens is 302 g/mol. The van der Waals surface area contributed by atoms with Gasteiger partial charge in [-0.1, -0.05) is 6.07 Å². The highest BCUT2D eigenvalue weighted by Crippen LogP contribution is 2.33. The first-order valence-electron chi connectivity index (χ1n) is 6.42. The molecule has 0 aliphatic rings. The van der Waals surface area contributed by atoms with Gasteiger partial charge in [0.15, 0.2) is 4.73 Å². The van der Waals surface area contributed by atoms with Gasteiger partial charge in [0.05, 0.1) is 11.4 Å². The van der Waals surface area contributed by atoms with Gasteiger partial charge in [0.25, 0.3) is 0 Å². The number of hydrogen-bond donors (Lipinski definition) is 2. The molecule has 0 spiro atoms. The van der Waals surface area contributed by atoms with E-state index in [1.165, 1.54) is 27.8 Å². The largest absolute Gasteiger partial charge is 0.335 e. The average molecular weight is 322 g/mol. The van der Waals surface area contributed by atoms with Gasteiger partial charge in [0.1, 0.15) is 0 Å². The quantitative estimate of drug-likeness (QED) is 0.902. The Morgan fingerprint density at radius 1 is 1.16 bits per heavy atom. The van der Waals surface area contributed by atoms with Crippen LogP contribution in [0.1, 0.15) is 27.9 Å². The summed E-state index contributed by atoms with van der Waals surface area (Å²) >= 11 is 3.44. The molecule has 0 unspecified atom stereocenters. The summed E-state index contributed by atoms with van der Waals surface area (Å²) in [5.41, 5.74) is 8.65. The van der Waals surface area contributed by atoms with E-state index in [1.54, 1.807) is 0 Å². The molecular formula is C15H20BrN3. The molecule has 3 nitrogen and oxygen atoms in total. The van der Waals surface area contributed by atoms with Crippen molar-refractivity contribution in [2.45, 2.75) is 34.2 Å². The molecule has 2 N–H and O–H groups in total. The van der Waals surface area contributed by atoms with Crippen molar-refractivity contribution in [1.82, 2.24) is 15.3 Å². The number of benzene rings is 1. The molecule has 0 radical (unpaired) electrons. The average Bonchev–Trinajstić information content (AvgIpc) is 2.69. The van der Waals surface area contributed by atoms with E-state index in [1.807, 2.05) is 7.05 Å². The Balaban J connectivity index is 2.71. The van der Waals surface area contributed by atoms with Crippen LogP contribution in [0.2, 0.25) is 0 Å². The predicted octanol–water partition coefficient (Wildman–Crippen LogP) is 3.79. The van der Waals surface area contributed by atoms with E-state index in [4.69, 9.17) is 0 Å². The fourth-order valence-corrected chi connectivity index (χ4v) is 2.88. The van der Waals surface area contributed by atoms with Crippen LogP contribution in [0.3, 0.4) is 0 Å². The minimum atomic E-state index is 0.778. The number of hydrogen-bond acceptors (Lipinski definition) is 2. The highest BCUT2D eigenvalue weighted by Gasteiger charge is 2.17. The van der Waals surface area contributed by atoms with Crippen molar-refractivity contribution in [3.05, 3.63) is 38.7 Å². The van der Waals surface area contributed by atoms with Gasteiger partial charge in [0.2, 0.25) is 0 Å². The molecule has 19 heavy (non-hydrogen) atoms. The van der Waals surface area contributed by atoms with Crippen LogP contribution in [0.15, 0.2) is 10.8 Å². The molecule has 0 atom stereocenters. The van der Waals surface area contributed by atoms with Crippen LogP contribution in [0.25, 0.3) is 11.3 Å². The van der Waals surface area contributed by atoms with E-state index in [0.29, 0.717) is 0 Å². The fraction of sp³-hybridized carbons (Fsp3) is 0.400. The lowest BCUT2D eigenvalue weighted by Crippen LogP contribution is -2.07. The first-order chi connectivity index (χ1) is 8.95. The molecule has 0 aliphatic carbocycles. The molecule has 0 saturated heterocycles. The van der Waals surface area contributed by atoms with Crippen molar-refractivity contribution in [2.75, 3.05) is 7.05 Å². The summed E-state index contributed by atoms with van der Waals surface area (Å²) in [4.78, 5) is 7.90. The van der Waals surface area contributed by atoms with Crippen molar-refractivity contribution in [3.63, 3.8) is 0 Å². The molecule has 2 aromatic rings. The molecule has 102 valence electrons. The Morgan fingerprint density at radius 3 is 2.26 bits per heavy atom. The molecule has 0 saturated carbocycles. The fourth-order valence-electron chi connectivity index (χ4n) is 2.46. The molecule has 0 bridgehead atoms. The van der Waals surface area contributed by atoms with Crippen molar-refractivity contribution in [2.24, 2.45) is 0 Å². The van der Waals surface area contributed by atoms with E-state index >= 15 is 0 Å². The number of nitrogens with one attached hydrogen (secondary N) is 2. The van der Waals surface area contributed by atoms with Crippen LogP contribution < -0.4 is 5.32 Å². The summed E-state index contributed by atoms with van der Waals surface area (Å²) in [5.74, 6) is 0. The molecule has 2 rings (SSSR count). The molecule has 0 amide bonds. The zero-order valence-electron chi connectivity index (χ0n) is 12.1. The van der Waals surface area contributed by atoms with Gasteiger partial charge >= 0.3 is 0 Å². The Labute approximate surface area is 123 Å². The molecule has 1 heterocycles. The maximum atomic E-state index is 4.62. The van der Waals surface area contributed by atoms with Gasteiger partial charge in [-0.3, -0.25) is 0 Å². The number of aromatic amines is 1. The highest BCUT2D eigenvalue weighted by atomic mass is 79.9. The third kappa shape index (κ3) is 2.60. The maximum absolute atomic E-state index is 4.62. The number of nitrogens with zero attached hydrogens (tertiary/aromatic N) is 1. The molecule has 0 fully saturated rings. The normalized spacial score (nSPS) is 11.1. The summed E-state index contributed by atoms with van der Waals surface area (Å²) in [6.45, 7) is 9.43. The zero-order valence-corrected chi connectivity index (χ0v) is 13.7. The number of H-pyrrole nitrogens is 1. The summed E-state index contributed by atoms with van der Waals surface area (Å²) in [7, 11) is 1.94. The van der Waals surface area contributed by atoms with Crippen LogP contribution in [0.5, 0.6) is 0 Å². The Kier molecular flexibility index (Phi) is 4.11. The van der Waals surface area contributed by atoms with Gasteiger partial charge in [-0.25, -0.2) is 4.98 Å². The van der Waals surface area contributed by atoms with Gasteiger partial charge in [-0.05, 0) is 72.9 Å². The van der Waals surface area contributed by atoms with Gasteiger partial charge in [0, 0.05) is 12.1 Å². The van der Waals surface area contributed by atoms with Gasteiger partial charge in [-0.15, -0.1) is 0 Å². The smallest absolute Gasteiger partial charge is 0.175 e. The van der Waals surface area contributed by atoms with Crippen molar-refractivity contribution < 1.29 is 0 Å². The Bertz CT molecular complexity index is 588. The second kappa shape index (κ2) is 5.47. The van der Waals surface area contributed by atoms with Crippen molar-refractivity contribution in [1.29, 1.82) is 0 Å². The number of halogens is 1. The summed E-state index contributed by atoms with van der Waals surface area (Å²) in [6, 6.07) is 2.24. The van der Waals surface area contributed by atoms with Crippen LogP contribution >= 0.6 is 15.9 Å². The first-order valence-corrected chi connectivity index (χ1v) is 7.21. The summed E-state index contributed by atoms with van der Waals surface area (Å²) < 4.78 is 0.783.